The summed E-state index contributed by atoms with van der Waals surface area (Å²) in [4.78, 5) is 0. The number of hydrogen-bond acceptors (Lipinski definition) is 0. The van der Waals surface area contributed by atoms with E-state index in [4.69, 9.17) is 5.73 Å². The van der Waals surface area contributed by atoms with Gasteiger partial charge in [0.2, 0.25) is 0 Å². The van der Waals surface area contributed by atoms with Gasteiger partial charge in [-0.3, -0.25) is 0 Å². The molecule has 8 heavy (non-hydrogen) atoms. The molecule has 0 aliphatic carbocycles. The maximum atomic E-state index is 7.00. The Bertz CT molecular complexity index is 138. The summed E-state index contributed by atoms with van der Waals surface area (Å²) >= 11 is 0. The quantitative estimate of drug-likeness (QED) is 0.503. The van der Waals surface area contributed by atoms with Crippen molar-refractivity contribution in [1.29, 1.82) is 0 Å². The fourth-order valence-corrected chi connectivity index (χ4v) is 0.438. The van der Waals surface area contributed by atoms with Gasteiger partial charge < -0.3 is 5.73 Å². The summed E-state index contributed by atoms with van der Waals surface area (Å²) in [5.74, 6) is 0. The zero-order valence-electron chi connectivity index (χ0n) is 4.26. The van der Waals surface area contributed by atoms with Gasteiger partial charge in [0.05, 0.1) is 0 Å². The first kappa shape index (κ1) is 7.54. The van der Waals surface area contributed by atoms with E-state index in [1.54, 1.807) is 12.1 Å². The van der Waals surface area contributed by atoms with Crippen LogP contribution in [0.3, 0.4) is 0 Å². The minimum absolute atomic E-state index is 0. The molecule has 0 saturated carbocycles. The topological polar surface area (TPSA) is 23.8 Å². The Labute approximate surface area is 59.4 Å². The predicted octanol–water partition coefficient (Wildman–Crippen LogP) is 2.37. The van der Waals surface area contributed by atoms with Gasteiger partial charge in [-0.2, -0.15) is 0 Å². The maximum absolute atomic E-state index is 7.00. The molecule has 0 heterocycles. The van der Waals surface area contributed by atoms with E-state index in [9.17, 15) is 0 Å². The van der Waals surface area contributed by atoms with Crippen molar-refractivity contribution >= 4 is 5.69 Å². The summed E-state index contributed by atoms with van der Waals surface area (Å²) in [5, 5.41) is 0. The van der Waals surface area contributed by atoms with Crippen molar-refractivity contribution in [1.82, 2.24) is 0 Å². The van der Waals surface area contributed by atoms with Crippen LogP contribution >= 0.6 is 0 Å². The van der Waals surface area contributed by atoms with Crippen LogP contribution in [0.25, 0.3) is 5.73 Å². The van der Waals surface area contributed by atoms with Gasteiger partial charge >= 0.3 is 0 Å². The molecule has 0 saturated heterocycles. The van der Waals surface area contributed by atoms with E-state index in [1.807, 2.05) is 18.2 Å². The molecule has 1 aromatic rings. The fraction of sp³-hybridized carbons (Fsp3) is 0. The largest absolute Gasteiger partial charge is 0.699 e. The van der Waals surface area contributed by atoms with Crippen LogP contribution in [-0.2, 0) is 17.1 Å². The van der Waals surface area contributed by atoms with Crippen molar-refractivity contribution in [2.75, 3.05) is 0 Å². The van der Waals surface area contributed by atoms with Gasteiger partial charge in [0.15, 0.2) is 0 Å². The molecular formula is C6H6MnN-. The minimum atomic E-state index is 0. The van der Waals surface area contributed by atoms with Gasteiger partial charge in [-0.15, -0.1) is 5.69 Å². The molecule has 1 aromatic carbocycles. The second-order valence-electron chi connectivity index (χ2n) is 1.37. The molecule has 0 bridgehead atoms. The molecule has 2 heteroatoms. The maximum Gasteiger partial charge on any atom is 0 e. The summed E-state index contributed by atoms with van der Waals surface area (Å²) in [6.45, 7) is 0. The molecule has 1 radical (unpaired) electrons. The van der Waals surface area contributed by atoms with E-state index in [0.717, 1.165) is 0 Å². The molecule has 0 fully saturated rings. The van der Waals surface area contributed by atoms with Gasteiger partial charge in [0.1, 0.15) is 0 Å². The summed E-state index contributed by atoms with van der Waals surface area (Å²) in [6, 6.07) is 9.10. The van der Waals surface area contributed by atoms with E-state index < -0.39 is 0 Å². The van der Waals surface area contributed by atoms with Crippen LogP contribution in [0.5, 0.6) is 0 Å². The van der Waals surface area contributed by atoms with Crippen molar-refractivity contribution in [3.05, 3.63) is 36.1 Å². The normalized spacial score (nSPS) is 7.50. The van der Waals surface area contributed by atoms with Gasteiger partial charge in [0.25, 0.3) is 0 Å². The number of nitrogens with one attached hydrogen (secondary N) is 1. The smallest absolute Gasteiger partial charge is 0 e. The molecule has 43 valence electrons. The zero-order valence-corrected chi connectivity index (χ0v) is 5.45. The van der Waals surface area contributed by atoms with Crippen LogP contribution in [0.4, 0.5) is 5.69 Å². The van der Waals surface area contributed by atoms with Crippen molar-refractivity contribution < 1.29 is 17.1 Å². The van der Waals surface area contributed by atoms with Gasteiger partial charge in [-0.25, -0.2) is 0 Å². The third-order valence-electron chi connectivity index (χ3n) is 0.774. The molecule has 1 N–H and O–H groups in total. The van der Waals surface area contributed by atoms with Crippen LogP contribution in [-0.4, -0.2) is 0 Å². The van der Waals surface area contributed by atoms with Gasteiger partial charge in [-0.05, 0) is 0 Å². The third kappa shape index (κ3) is 2.01. The average Bonchev–Trinajstić information content (AvgIpc) is 1.69. The van der Waals surface area contributed by atoms with E-state index in [2.05, 4.69) is 0 Å². The molecule has 0 aromatic heterocycles. The van der Waals surface area contributed by atoms with Crippen LogP contribution in [0.2, 0.25) is 0 Å². The van der Waals surface area contributed by atoms with Crippen LogP contribution in [0, 0.1) is 0 Å². The van der Waals surface area contributed by atoms with E-state index in [1.165, 1.54) is 0 Å². The number of hydrogen-bond donors (Lipinski definition) is 0. The summed E-state index contributed by atoms with van der Waals surface area (Å²) in [7, 11) is 0. The van der Waals surface area contributed by atoms with Crippen molar-refractivity contribution in [3.8, 4) is 0 Å². The van der Waals surface area contributed by atoms with Gasteiger partial charge in [-0.1, -0.05) is 30.3 Å². The van der Waals surface area contributed by atoms with E-state index in [-0.39, 0.29) is 17.1 Å². The zero-order chi connectivity index (χ0) is 5.11. The summed E-state index contributed by atoms with van der Waals surface area (Å²) < 4.78 is 0. The van der Waals surface area contributed by atoms with Crippen LogP contribution in [0.1, 0.15) is 0 Å². The number of rotatable bonds is 0. The van der Waals surface area contributed by atoms with Crippen molar-refractivity contribution in [2.45, 2.75) is 0 Å². The molecule has 0 atom stereocenters. The van der Waals surface area contributed by atoms with Crippen molar-refractivity contribution in [3.63, 3.8) is 0 Å². The molecule has 0 aliphatic heterocycles. The Kier molecular flexibility index (Phi) is 3.33. The van der Waals surface area contributed by atoms with E-state index >= 15 is 0 Å². The molecule has 0 amide bonds. The average molecular weight is 147 g/mol. The SMILES string of the molecule is [Mn].[NH-]c1ccccc1. The summed E-state index contributed by atoms with van der Waals surface area (Å²) in [5.41, 5.74) is 7.57. The Morgan fingerprint density at radius 3 is 1.75 bits per heavy atom. The first-order valence-electron chi connectivity index (χ1n) is 2.16. The fourth-order valence-electron chi connectivity index (χ4n) is 0.438. The molecule has 1 nitrogen and oxygen atoms in total. The van der Waals surface area contributed by atoms with Crippen molar-refractivity contribution in [2.24, 2.45) is 0 Å². The monoisotopic (exact) mass is 147 g/mol. The third-order valence-corrected chi connectivity index (χ3v) is 0.774. The van der Waals surface area contributed by atoms with Crippen LogP contribution in [0.15, 0.2) is 30.3 Å². The predicted molar refractivity (Wildman–Crippen MR) is 30.4 cm³/mol. The second kappa shape index (κ2) is 3.53. The summed E-state index contributed by atoms with van der Waals surface area (Å²) in [6.07, 6.45) is 0. The molecule has 1 rings (SSSR count). The first-order chi connectivity index (χ1) is 3.39. The minimum Gasteiger partial charge on any atom is -0.699 e. The van der Waals surface area contributed by atoms with Gasteiger partial charge in [0, 0.05) is 17.1 Å². The Hall–Kier alpha value is -0.461. The van der Waals surface area contributed by atoms with Crippen LogP contribution < -0.4 is 0 Å². The molecular weight excluding hydrogens is 141 g/mol. The standard InChI is InChI=1S/C6H6N.Mn/c7-6-4-2-1-3-5-6;/h1-5,7H;/q-1;. The first-order valence-corrected chi connectivity index (χ1v) is 2.16. The Morgan fingerprint density at radius 2 is 1.50 bits per heavy atom. The second-order valence-corrected chi connectivity index (χ2v) is 1.37. The molecule has 0 unspecified atom stereocenters. The Balaban J connectivity index is 0.000000490. The van der Waals surface area contributed by atoms with E-state index in [0.29, 0.717) is 5.69 Å². The Morgan fingerprint density at radius 1 is 1.00 bits per heavy atom. The molecule has 0 aliphatic rings. The number of benzene rings is 1. The molecule has 0 spiro atoms.